The summed E-state index contributed by atoms with van der Waals surface area (Å²) in [5, 5.41) is 3.56. The highest BCUT2D eigenvalue weighted by atomic mass is 16.6. The van der Waals surface area contributed by atoms with Crippen molar-refractivity contribution in [3.05, 3.63) is 0 Å². The summed E-state index contributed by atoms with van der Waals surface area (Å²) in [6.07, 6.45) is 2.98. The van der Waals surface area contributed by atoms with Crippen LogP contribution < -0.4 is 5.32 Å². The maximum Gasteiger partial charge on any atom is 0.410 e. The van der Waals surface area contributed by atoms with E-state index in [1.165, 1.54) is 0 Å². The van der Waals surface area contributed by atoms with Crippen LogP contribution in [0.5, 0.6) is 0 Å². The minimum atomic E-state index is -0.431. The Kier molecular flexibility index (Phi) is 6.47. The van der Waals surface area contributed by atoms with E-state index in [2.05, 4.69) is 5.32 Å². The van der Waals surface area contributed by atoms with Crippen LogP contribution >= 0.6 is 0 Å². The summed E-state index contributed by atoms with van der Waals surface area (Å²) in [5.74, 6) is 0. The molecule has 0 radical (unpaired) electrons. The molecule has 0 saturated carbocycles. The Morgan fingerprint density at radius 2 is 2.09 bits per heavy atom. The predicted octanol–water partition coefficient (Wildman–Crippen LogP) is 1.78. The molecule has 128 valence electrons. The van der Waals surface area contributed by atoms with E-state index >= 15 is 0 Å². The molecule has 2 fully saturated rings. The molecule has 2 atom stereocenters. The molecule has 6 nitrogen and oxygen atoms in total. The Morgan fingerprint density at radius 3 is 2.77 bits per heavy atom. The standard InChI is InChI=1S/C16H30N2O4/c1-16(2,3)22-15(19)18-7-4-5-13(6-8-18)17-11-14-12-20-9-10-21-14/h13-14,17H,4-12H2,1-3H3. The smallest absolute Gasteiger partial charge is 0.410 e. The predicted molar refractivity (Wildman–Crippen MR) is 84.0 cm³/mol. The second kappa shape index (κ2) is 8.13. The third-order valence-electron chi connectivity index (χ3n) is 3.90. The SMILES string of the molecule is CC(C)(C)OC(=O)N1CCCC(NCC2COCCO2)CC1. The first-order valence-electron chi connectivity index (χ1n) is 8.35. The number of carbonyl (C=O) groups is 1. The van der Waals surface area contributed by atoms with E-state index in [1.54, 1.807) is 0 Å². The molecule has 0 bridgehead atoms. The molecule has 0 aromatic heterocycles. The lowest BCUT2D eigenvalue weighted by Gasteiger charge is -2.27. The maximum absolute atomic E-state index is 12.1. The summed E-state index contributed by atoms with van der Waals surface area (Å²) in [7, 11) is 0. The lowest BCUT2D eigenvalue weighted by Crippen LogP contribution is -2.42. The fourth-order valence-corrected chi connectivity index (χ4v) is 2.76. The molecular formula is C16H30N2O4. The zero-order valence-corrected chi connectivity index (χ0v) is 14.1. The zero-order chi connectivity index (χ0) is 16.0. The third-order valence-corrected chi connectivity index (χ3v) is 3.90. The van der Waals surface area contributed by atoms with Gasteiger partial charge in [0.15, 0.2) is 0 Å². The summed E-state index contributed by atoms with van der Waals surface area (Å²) in [5.41, 5.74) is -0.431. The fourth-order valence-electron chi connectivity index (χ4n) is 2.76. The summed E-state index contributed by atoms with van der Waals surface area (Å²) in [6, 6.07) is 0.429. The van der Waals surface area contributed by atoms with Gasteiger partial charge in [0.25, 0.3) is 0 Å². The Morgan fingerprint density at radius 1 is 1.27 bits per heavy atom. The fraction of sp³-hybridized carbons (Fsp3) is 0.938. The summed E-state index contributed by atoms with van der Waals surface area (Å²) in [6.45, 7) is 10.1. The molecule has 2 aliphatic heterocycles. The van der Waals surface area contributed by atoms with Gasteiger partial charge in [0.1, 0.15) is 5.60 Å². The van der Waals surface area contributed by atoms with Crippen molar-refractivity contribution in [1.82, 2.24) is 10.2 Å². The Bertz CT molecular complexity index is 351. The van der Waals surface area contributed by atoms with E-state index in [0.717, 1.165) is 38.9 Å². The number of ether oxygens (including phenoxy) is 3. The second-order valence-corrected chi connectivity index (χ2v) is 7.07. The van der Waals surface area contributed by atoms with Crippen molar-refractivity contribution in [3.63, 3.8) is 0 Å². The van der Waals surface area contributed by atoms with Gasteiger partial charge in [-0.05, 0) is 40.0 Å². The van der Waals surface area contributed by atoms with Crippen LogP contribution in [0.3, 0.4) is 0 Å². The van der Waals surface area contributed by atoms with E-state index in [9.17, 15) is 4.79 Å². The summed E-state index contributed by atoms with van der Waals surface area (Å²) >= 11 is 0. The number of hydrogen-bond donors (Lipinski definition) is 1. The van der Waals surface area contributed by atoms with Crippen LogP contribution in [-0.2, 0) is 14.2 Å². The van der Waals surface area contributed by atoms with Gasteiger partial charge in [-0.25, -0.2) is 4.79 Å². The Balaban J connectivity index is 1.71. The molecule has 2 rings (SSSR count). The van der Waals surface area contributed by atoms with Crippen molar-refractivity contribution in [1.29, 1.82) is 0 Å². The Labute approximate surface area is 133 Å². The Hall–Kier alpha value is -0.850. The number of likely N-dealkylation sites (tertiary alicyclic amines) is 1. The number of nitrogens with one attached hydrogen (secondary N) is 1. The molecule has 2 unspecified atom stereocenters. The van der Waals surface area contributed by atoms with Gasteiger partial charge < -0.3 is 24.4 Å². The normalized spacial score (nSPS) is 27.3. The van der Waals surface area contributed by atoms with Gasteiger partial charge in [0, 0.05) is 25.7 Å². The lowest BCUT2D eigenvalue weighted by atomic mass is 10.1. The average Bonchev–Trinajstić information content (AvgIpc) is 2.70. The van der Waals surface area contributed by atoms with Gasteiger partial charge in [-0.1, -0.05) is 0 Å². The molecule has 22 heavy (non-hydrogen) atoms. The number of hydrogen-bond acceptors (Lipinski definition) is 5. The van der Waals surface area contributed by atoms with Crippen molar-refractivity contribution in [2.75, 3.05) is 39.5 Å². The van der Waals surface area contributed by atoms with E-state index in [0.29, 0.717) is 25.9 Å². The summed E-state index contributed by atoms with van der Waals surface area (Å²) < 4.78 is 16.5. The molecule has 0 spiro atoms. The quantitative estimate of drug-likeness (QED) is 0.860. The molecule has 1 N–H and O–H groups in total. The molecule has 0 aromatic rings. The molecule has 2 saturated heterocycles. The topological polar surface area (TPSA) is 60.0 Å². The number of nitrogens with zero attached hydrogens (tertiary/aromatic N) is 1. The van der Waals surface area contributed by atoms with Crippen LogP contribution in [0.2, 0.25) is 0 Å². The van der Waals surface area contributed by atoms with E-state index in [-0.39, 0.29) is 12.2 Å². The van der Waals surface area contributed by atoms with Crippen LogP contribution in [0, 0.1) is 0 Å². The summed E-state index contributed by atoms with van der Waals surface area (Å²) in [4.78, 5) is 14.0. The molecule has 0 aliphatic carbocycles. The van der Waals surface area contributed by atoms with Gasteiger partial charge in [-0.15, -0.1) is 0 Å². The largest absolute Gasteiger partial charge is 0.444 e. The van der Waals surface area contributed by atoms with Gasteiger partial charge in [-0.3, -0.25) is 0 Å². The van der Waals surface area contributed by atoms with Crippen LogP contribution in [0.15, 0.2) is 0 Å². The highest BCUT2D eigenvalue weighted by molar-refractivity contribution is 5.68. The number of rotatable bonds is 3. The van der Waals surface area contributed by atoms with Crippen LogP contribution in [0.25, 0.3) is 0 Å². The third kappa shape index (κ3) is 6.10. The molecule has 0 aromatic carbocycles. The van der Waals surface area contributed by atoms with Gasteiger partial charge in [-0.2, -0.15) is 0 Å². The van der Waals surface area contributed by atoms with E-state index in [4.69, 9.17) is 14.2 Å². The molecule has 6 heteroatoms. The zero-order valence-electron chi connectivity index (χ0n) is 14.1. The van der Waals surface area contributed by atoms with Crippen molar-refractivity contribution >= 4 is 6.09 Å². The number of carbonyl (C=O) groups excluding carboxylic acids is 1. The van der Waals surface area contributed by atoms with E-state index < -0.39 is 5.60 Å². The van der Waals surface area contributed by atoms with Gasteiger partial charge in [0.05, 0.1) is 25.9 Å². The van der Waals surface area contributed by atoms with Crippen LogP contribution in [-0.4, -0.2) is 68.2 Å². The monoisotopic (exact) mass is 314 g/mol. The first-order valence-corrected chi connectivity index (χ1v) is 8.35. The van der Waals surface area contributed by atoms with Crippen molar-refractivity contribution in [2.24, 2.45) is 0 Å². The van der Waals surface area contributed by atoms with Crippen LogP contribution in [0.1, 0.15) is 40.0 Å². The maximum atomic E-state index is 12.1. The highest BCUT2D eigenvalue weighted by Crippen LogP contribution is 2.15. The number of amides is 1. The average molecular weight is 314 g/mol. The minimum absolute atomic E-state index is 0.152. The molecule has 1 amide bonds. The molecular weight excluding hydrogens is 284 g/mol. The van der Waals surface area contributed by atoms with E-state index in [1.807, 2.05) is 25.7 Å². The molecule has 2 heterocycles. The van der Waals surface area contributed by atoms with Gasteiger partial charge in [0.2, 0.25) is 0 Å². The highest BCUT2D eigenvalue weighted by Gasteiger charge is 2.25. The second-order valence-electron chi connectivity index (χ2n) is 7.07. The van der Waals surface area contributed by atoms with Crippen LogP contribution in [0.4, 0.5) is 4.79 Å². The van der Waals surface area contributed by atoms with Crippen molar-refractivity contribution in [2.45, 2.75) is 57.8 Å². The first kappa shape index (κ1) is 17.5. The van der Waals surface area contributed by atoms with Crippen molar-refractivity contribution < 1.29 is 19.0 Å². The lowest BCUT2D eigenvalue weighted by molar-refractivity contribution is -0.0871. The first-order chi connectivity index (χ1) is 10.4. The molecule has 2 aliphatic rings. The van der Waals surface area contributed by atoms with Crippen molar-refractivity contribution in [3.8, 4) is 0 Å². The van der Waals surface area contributed by atoms with Gasteiger partial charge >= 0.3 is 6.09 Å². The minimum Gasteiger partial charge on any atom is -0.444 e.